The molecule has 0 saturated heterocycles. The van der Waals surface area contributed by atoms with E-state index in [1.807, 2.05) is 43.3 Å². The number of rotatable bonds is 8. The lowest BCUT2D eigenvalue weighted by atomic mass is 10.1. The van der Waals surface area contributed by atoms with Gasteiger partial charge in [0, 0.05) is 62.3 Å². The highest BCUT2D eigenvalue weighted by atomic mass is 32.2. The summed E-state index contributed by atoms with van der Waals surface area (Å²) in [5, 5.41) is 18.5. The molecule has 0 radical (unpaired) electrons. The number of aryl methyl sites for hydroxylation is 1. The molecule has 0 fully saturated rings. The maximum absolute atomic E-state index is 13.0. The van der Waals surface area contributed by atoms with E-state index in [9.17, 15) is 19.7 Å². The van der Waals surface area contributed by atoms with E-state index in [1.165, 1.54) is 41.5 Å². The Morgan fingerprint density at radius 2 is 1.54 bits per heavy atom. The maximum atomic E-state index is 13.0. The van der Waals surface area contributed by atoms with Crippen LogP contribution in [0, 0.1) is 10.1 Å². The molecule has 0 aliphatic rings. The van der Waals surface area contributed by atoms with Crippen LogP contribution < -0.4 is 10.6 Å². The molecule has 1 unspecified atom stereocenters. The van der Waals surface area contributed by atoms with Crippen LogP contribution in [0.4, 0.5) is 17.1 Å². The monoisotopic (exact) mass is 538 g/mol. The molecular weight excluding hydrogens is 512 g/mol. The first-order chi connectivity index (χ1) is 18.8. The van der Waals surface area contributed by atoms with Gasteiger partial charge in [-0.25, -0.2) is 0 Å². The van der Waals surface area contributed by atoms with Crippen molar-refractivity contribution in [1.29, 1.82) is 0 Å². The number of non-ortho nitro benzene ring substituents is 1. The summed E-state index contributed by atoms with van der Waals surface area (Å²) in [6.07, 6.45) is 0. The van der Waals surface area contributed by atoms with Crippen LogP contribution in [0.15, 0.2) is 95.9 Å². The molecule has 39 heavy (non-hydrogen) atoms. The van der Waals surface area contributed by atoms with Gasteiger partial charge in [-0.05, 0) is 74.5 Å². The lowest BCUT2D eigenvalue weighted by Gasteiger charge is -2.13. The number of nitrogens with one attached hydrogen (secondary N) is 2. The SMILES string of the molecule is CCn1c2ccccc2c2cc(NC(=O)C(C)Sc3ccc(NC(=O)c4ccc([N+](=O)[O-])cc4)cc3)ccc21. The van der Waals surface area contributed by atoms with E-state index in [0.29, 0.717) is 11.3 Å². The number of benzene rings is 4. The summed E-state index contributed by atoms with van der Waals surface area (Å²) in [5.41, 5.74) is 3.90. The Bertz CT molecular complexity index is 1690. The summed E-state index contributed by atoms with van der Waals surface area (Å²) in [6.45, 7) is 4.84. The predicted molar refractivity (Wildman–Crippen MR) is 157 cm³/mol. The zero-order chi connectivity index (χ0) is 27.5. The first-order valence-electron chi connectivity index (χ1n) is 12.5. The Kier molecular flexibility index (Phi) is 7.33. The molecule has 1 aromatic heterocycles. The molecule has 9 heteroatoms. The van der Waals surface area contributed by atoms with Crippen molar-refractivity contribution >= 4 is 62.4 Å². The van der Waals surface area contributed by atoms with Gasteiger partial charge in [0.25, 0.3) is 11.6 Å². The van der Waals surface area contributed by atoms with Crippen molar-refractivity contribution in [3.05, 3.63) is 107 Å². The fourth-order valence-corrected chi connectivity index (χ4v) is 5.40. The van der Waals surface area contributed by atoms with Crippen molar-refractivity contribution in [1.82, 2.24) is 4.57 Å². The van der Waals surface area contributed by atoms with Crippen molar-refractivity contribution in [3.63, 3.8) is 0 Å². The molecule has 0 spiro atoms. The number of thioether (sulfide) groups is 1. The van der Waals surface area contributed by atoms with Crippen LogP contribution >= 0.6 is 11.8 Å². The third-order valence-electron chi connectivity index (χ3n) is 6.49. The minimum absolute atomic E-state index is 0.0734. The van der Waals surface area contributed by atoms with Gasteiger partial charge < -0.3 is 15.2 Å². The number of aromatic nitrogens is 1. The number of carbonyl (C=O) groups is 2. The molecule has 5 aromatic rings. The highest BCUT2D eigenvalue weighted by Gasteiger charge is 2.17. The Hall–Kier alpha value is -4.63. The summed E-state index contributed by atoms with van der Waals surface area (Å²) >= 11 is 1.42. The average Bonchev–Trinajstić information content (AvgIpc) is 3.27. The van der Waals surface area contributed by atoms with Gasteiger partial charge in [0.1, 0.15) is 0 Å². The van der Waals surface area contributed by atoms with E-state index >= 15 is 0 Å². The van der Waals surface area contributed by atoms with Crippen LogP contribution in [-0.4, -0.2) is 26.6 Å². The summed E-state index contributed by atoms with van der Waals surface area (Å²) < 4.78 is 2.27. The molecule has 2 N–H and O–H groups in total. The Morgan fingerprint density at radius 1 is 0.872 bits per heavy atom. The molecular formula is C30H26N4O4S. The molecule has 0 saturated carbocycles. The van der Waals surface area contributed by atoms with Crippen LogP contribution in [0.3, 0.4) is 0 Å². The highest BCUT2D eigenvalue weighted by molar-refractivity contribution is 8.00. The van der Waals surface area contributed by atoms with Gasteiger partial charge >= 0.3 is 0 Å². The third-order valence-corrected chi connectivity index (χ3v) is 7.60. The molecule has 1 atom stereocenters. The summed E-state index contributed by atoms with van der Waals surface area (Å²) in [6, 6.07) is 26.9. The molecule has 0 bridgehead atoms. The van der Waals surface area contributed by atoms with Gasteiger partial charge in [-0.1, -0.05) is 18.2 Å². The van der Waals surface area contributed by atoms with E-state index < -0.39 is 4.92 Å². The number of fused-ring (bicyclic) bond motifs is 3. The normalized spacial score (nSPS) is 11.8. The van der Waals surface area contributed by atoms with E-state index in [-0.39, 0.29) is 22.8 Å². The number of amides is 2. The van der Waals surface area contributed by atoms with Crippen molar-refractivity contribution in [2.45, 2.75) is 30.5 Å². The number of nitro benzene ring substituents is 1. The van der Waals surface area contributed by atoms with Gasteiger partial charge in [0.05, 0.1) is 10.2 Å². The Labute approximate surface area is 229 Å². The van der Waals surface area contributed by atoms with Crippen molar-refractivity contribution in [2.24, 2.45) is 0 Å². The van der Waals surface area contributed by atoms with Gasteiger partial charge in [0.15, 0.2) is 0 Å². The first kappa shape index (κ1) is 26.0. The van der Waals surface area contributed by atoms with E-state index in [0.717, 1.165) is 33.4 Å². The number of nitrogens with zero attached hydrogens (tertiary/aromatic N) is 2. The van der Waals surface area contributed by atoms with Crippen LogP contribution in [0.5, 0.6) is 0 Å². The van der Waals surface area contributed by atoms with Crippen LogP contribution in [0.2, 0.25) is 0 Å². The Morgan fingerprint density at radius 3 is 2.23 bits per heavy atom. The zero-order valence-electron chi connectivity index (χ0n) is 21.4. The number of anilines is 2. The van der Waals surface area contributed by atoms with Crippen molar-refractivity contribution < 1.29 is 14.5 Å². The quantitative estimate of drug-likeness (QED) is 0.125. The fraction of sp³-hybridized carbons (Fsp3) is 0.133. The van der Waals surface area contributed by atoms with Gasteiger partial charge in [-0.2, -0.15) is 0 Å². The van der Waals surface area contributed by atoms with Crippen molar-refractivity contribution in [3.8, 4) is 0 Å². The lowest BCUT2D eigenvalue weighted by Crippen LogP contribution is -2.22. The minimum Gasteiger partial charge on any atom is -0.341 e. The molecule has 0 aliphatic heterocycles. The largest absolute Gasteiger partial charge is 0.341 e. The fourth-order valence-electron chi connectivity index (χ4n) is 4.53. The molecule has 196 valence electrons. The molecule has 8 nitrogen and oxygen atoms in total. The van der Waals surface area contributed by atoms with E-state index in [2.05, 4.69) is 40.3 Å². The van der Waals surface area contributed by atoms with Gasteiger partial charge in [-0.15, -0.1) is 11.8 Å². The summed E-state index contributed by atoms with van der Waals surface area (Å²) in [4.78, 5) is 36.6. The third kappa shape index (κ3) is 5.49. The number of nitro groups is 1. The zero-order valence-corrected chi connectivity index (χ0v) is 22.2. The van der Waals surface area contributed by atoms with Crippen molar-refractivity contribution in [2.75, 3.05) is 10.6 Å². The van der Waals surface area contributed by atoms with Gasteiger partial charge in [-0.3, -0.25) is 19.7 Å². The summed E-state index contributed by atoms with van der Waals surface area (Å²) in [5.74, 6) is -0.466. The van der Waals surface area contributed by atoms with Crippen LogP contribution in [0.1, 0.15) is 24.2 Å². The minimum atomic E-state index is -0.510. The standard InChI is InChI=1S/C30H26N4O4S/c1-3-33-27-7-5-4-6-25(27)26-18-22(12-17-28(26)33)32-29(35)19(2)39-24-15-10-21(11-16-24)31-30(36)20-8-13-23(14-9-20)34(37)38/h4-19H,3H2,1-2H3,(H,31,36)(H,32,35). The van der Waals surface area contributed by atoms with Crippen LogP contribution in [-0.2, 0) is 11.3 Å². The Balaban J connectivity index is 1.22. The second-order valence-electron chi connectivity index (χ2n) is 9.03. The molecule has 2 amide bonds. The number of hydrogen-bond acceptors (Lipinski definition) is 5. The topological polar surface area (TPSA) is 106 Å². The lowest BCUT2D eigenvalue weighted by molar-refractivity contribution is -0.384. The second kappa shape index (κ2) is 11.0. The van der Waals surface area contributed by atoms with E-state index in [1.54, 1.807) is 12.1 Å². The second-order valence-corrected chi connectivity index (χ2v) is 10.4. The molecule has 1 heterocycles. The van der Waals surface area contributed by atoms with Crippen LogP contribution in [0.25, 0.3) is 21.8 Å². The summed E-state index contributed by atoms with van der Waals surface area (Å²) in [7, 11) is 0. The van der Waals surface area contributed by atoms with Gasteiger partial charge in [0.2, 0.25) is 5.91 Å². The highest BCUT2D eigenvalue weighted by Crippen LogP contribution is 2.32. The first-order valence-corrected chi connectivity index (χ1v) is 13.4. The molecule has 4 aromatic carbocycles. The molecule has 5 rings (SSSR count). The maximum Gasteiger partial charge on any atom is 0.269 e. The number of hydrogen-bond donors (Lipinski definition) is 2. The molecule has 0 aliphatic carbocycles. The number of para-hydroxylation sites is 1. The predicted octanol–water partition coefficient (Wildman–Crippen LogP) is 7.09. The van der Waals surface area contributed by atoms with E-state index in [4.69, 9.17) is 0 Å². The average molecular weight is 539 g/mol. The number of carbonyl (C=O) groups excluding carboxylic acids is 2. The smallest absolute Gasteiger partial charge is 0.269 e.